The number of hydrogen-bond donors (Lipinski definition) is 0. The third-order valence-electron chi connectivity index (χ3n) is 2.40. The van der Waals surface area contributed by atoms with Crippen molar-refractivity contribution in [3.05, 3.63) is 11.6 Å². The lowest BCUT2D eigenvalue weighted by atomic mass is 10.1. The van der Waals surface area contributed by atoms with Crippen molar-refractivity contribution in [2.24, 2.45) is 0 Å². The van der Waals surface area contributed by atoms with E-state index in [-0.39, 0.29) is 12.7 Å². The quantitative estimate of drug-likeness (QED) is 0.526. The standard InChI is InChI=1S/C9H16FN/c1-8-3-4-9(7-10)11(2)6-5-8/h5,9H,3-4,6-7H2,1-2H3. The van der Waals surface area contributed by atoms with E-state index >= 15 is 0 Å². The fourth-order valence-corrected chi connectivity index (χ4v) is 1.36. The Kier molecular flexibility index (Phi) is 3.06. The molecule has 0 spiro atoms. The Morgan fingerprint density at radius 1 is 1.73 bits per heavy atom. The molecule has 0 fully saturated rings. The van der Waals surface area contributed by atoms with Crippen molar-refractivity contribution in [3.63, 3.8) is 0 Å². The van der Waals surface area contributed by atoms with Gasteiger partial charge >= 0.3 is 0 Å². The number of likely N-dealkylation sites (N-methyl/N-ethyl adjacent to an activating group) is 1. The Labute approximate surface area is 67.9 Å². The van der Waals surface area contributed by atoms with Gasteiger partial charge in [0.05, 0.1) is 0 Å². The van der Waals surface area contributed by atoms with Crippen LogP contribution in [0.25, 0.3) is 0 Å². The number of alkyl halides is 1. The molecule has 0 aromatic rings. The van der Waals surface area contributed by atoms with Gasteiger partial charge in [0.25, 0.3) is 0 Å². The summed E-state index contributed by atoms with van der Waals surface area (Å²) < 4.78 is 12.4. The molecular formula is C9H16FN. The monoisotopic (exact) mass is 157 g/mol. The maximum atomic E-state index is 12.4. The van der Waals surface area contributed by atoms with Gasteiger partial charge in [0.2, 0.25) is 0 Å². The Hall–Kier alpha value is -0.370. The third kappa shape index (κ3) is 2.29. The summed E-state index contributed by atoms with van der Waals surface area (Å²) in [5, 5.41) is 0. The Morgan fingerprint density at radius 2 is 2.45 bits per heavy atom. The largest absolute Gasteiger partial charge is 0.297 e. The first-order valence-corrected chi connectivity index (χ1v) is 4.16. The highest BCUT2D eigenvalue weighted by Gasteiger charge is 2.15. The van der Waals surface area contributed by atoms with Crippen LogP contribution in [0.2, 0.25) is 0 Å². The summed E-state index contributed by atoms with van der Waals surface area (Å²) in [6.45, 7) is 2.81. The summed E-state index contributed by atoms with van der Waals surface area (Å²) in [4.78, 5) is 2.08. The highest BCUT2D eigenvalue weighted by Crippen LogP contribution is 2.15. The number of rotatable bonds is 1. The van der Waals surface area contributed by atoms with Gasteiger partial charge in [0.1, 0.15) is 6.67 Å². The Bertz CT molecular complexity index is 154. The van der Waals surface area contributed by atoms with Gasteiger partial charge in [-0.1, -0.05) is 11.6 Å². The Balaban J connectivity index is 2.51. The number of halogens is 1. The second-order valence-electron chi connectivity index (χ2n) is 3.34. The number of allylic oxidation sites excluding steroid dienone is 1. The van der Waals surface area contributed by atoms with Crippen molar-refractivity contribution in [1.82, 2.24) is 4.90 Å². The van der Waals surface area contributed by atoms with Crippen molar-refractivity contribution in [1.29, 1.82) is 0 Å². The highest BCUT2D eigenvalue weighted by atomic mass is 19.1. The van der Waals surface area contributed by atoms with Gasteiger partial charge in [0, 0.05) is 12.6 Å². The van der Waals surface area contributed by atoms with E-state index in [1.165, 1.54) is 5.57 Å². The van der Waals surface area contributed by atoms with Gasteiger partial charge in [0.15, 0.2) is 0 Å². The van der Waals surface area contributed by atoms with Crippen molar-refractivity contribution >= 4 is 0 Å². The zero-order chi connectivity index (χ0) is 8.27. The molecule has 0 saturated carbocycles. The molecule has 11 heavy (non-hydrogen) atoms. The van der Waals surface area contributed by atoms with Crippen LogP contribution in [-0.4, -0.2) is 31.2 Å². The maximum Gasteiger partial charge on any atom is 0.105 e. The van der Waals surface area contributed by atoms with Crippen LogP contribution in [0.15, 0.2) is 11.6 Å². The molecule has 1 aliphatic heterocycles. The molecule has 1 nitrogen and oxygen atoms in total. The average Bonchev–Trinajstić information content (AvgIpc) is 2.15. The predicted molar refractivity (Wildman–Crippen MR) is 45.4 cm³/mol. The topological polar surface area (TPSA) is 3.24 Å². The van der Waals surface area contributed by atoms with Gasteiger partial charge < -0.3 is 0 Å². The third-order valence-corrected chi connectivity index (χ3v) is 2.40. The Morgan fingerprint density at radius 3 is 3.09 bits per heavy atom. The summed E-state index contributed by atoms with van der Waals surface area (Å²) in [7, 11) is 1.99. The van der Waals surface area contributed by atoms with Crippen LogP contribution in [0.5, 0.6) is 0 Å². The van der Waals surface area contributed by atoms with Crippen LogP contribution in [0.1, 0.15) is 19.8 Å². The van der Waals surface area contributed by atoms with Gasteiger partial charge in [-0.2, -0.15) is 0 Å². The summed E-state index contributed by atoms with van der Waals surface area (Å²) >= 11 is 0. The van der Waals surface area contributed by atoms with Gasteiger partial charge in [-0.05, 0) is 26.8 Å². The van der Waals surface area contributed by atoms with E-state index in [1.54, 1.807) is 0 Å². The molecular weight excluding hydrogens is 141 g/mol. The van der Waals surface area contributed by atoms with Crippen molar-refractivity contribution in [2.45, 2.75) is 25.8 Å². The lowest BCUT2D eigenvalue weighted by Gasteiger charge is -2.21. The minimum Gasteiger partial charge on any atom is -0.297 e. The molecule has 64 valence electrons. The normalized spacial score (nSPS) is 27.9. The van der Waals surface area contributed by atoms with E-state index < -0.39 is 0 Å². The lowest BCUT2D eigenvalue weighted by molar-refractivity contribution is 0.213. The lowest BCUT2D eigenvalue weighted by Crippen LogP contribution is -2.32. The van der Waals surface area contributed by atoms with E-state index in [0.717, 1.165) is 19.4 Å². The zero-order valence-electron chi connectivity index (χ0n) is 7.31. The second kappa shape index (κ2) is 3.86. The number of nitrogens with zero attached hydrogens (tertiary/aromatic N) is 1. The van der Waals surface area contributed by atoms with Crippen LogP contribution >= 0.6 is 0 Å². The molecule has 1 heterocycles. The number of hydrogen-bond acceptors (Lipinski definition) is 1. The maximum absolute atomic E-state index is 12.4. The smallest absolute Gasteiger partial charge is 0.105 e. The van der Waals surface area contributed by atoms with E-state index in [1.807, 2.05) is 7.05 Å². The zero-order valence-corrected chi connectivity index (χ0v) is 7.31. The summed E-state index contributed by atoms with van der Waals surface area (Å²) in [6.07, 6.45) is 4.21. The first kappa shape index (κ1) is 8.72. The molecule has 2 heteroatoms. The molecule has 0 bridgehead atoms. The van der Waals surface area contributed by atoms with Gasteiger partial charge in [-0.25, -0.2) is 4.39 Å². The molecule has 1 rings (SSSR count). The molecule has 1 atom stereocenters. The van der Waals surface area contributed by atoms with Crippen LogP contribution in [0.3, 0.4) is 0 Å². The SMILES string of the molecule is CC1=CCN(C)C(CF)CC1. The fraction of sp³-hybridized carbons (Fsp3) is 0.778. The van der Waals surface area contributed by atoms with Crippen LogP contribution in [0.4, 0.5) is 4.39 Å². The van der Waals surface area contributed by atoms with Gasteiger partial charge in [-0.3, -0.25) is 4.90 Å². The molecule has 0 N–H and O–H groups in total. The van der Waals surface area contributed by atoms with E-state index in [9.17, 15) is 4.39 Å². The van der Waals surface area contributed by atoms with E-state index in [4.69, 9.17) is 0 Å². The van der Waals surface area contributed by atoms with Crippen LogP contribution < -0.4 is 0 Å². The molecule has 0 saturated heterocycles. The van der Waals surface area contributed by atoms with E-state index in [0.29, 0.717) is 0 Å². The van der Waals surface area contributed by atoms with Crippen molar-refractivity contribution in [2.75, 3.05) is 20.3 Å². The molecule has 0 radical (unpaired) electrons. The first-order chi connectivity index (χ1) is 5.24. The van der Waals surface area contributed by atoms with Crippen LogP contribution in [0, 0.1) is 0 Å². The fourth-order valence-electron chi connectivity index (χ4n) is 1.36. The van der Waals surface area contributed by atoms with Crippen molar-refractivity contribution in [3.8, 4) is 0 Å². The van der Waals surface area contributed by atoms with Gasteiger partial charge in [-0.15, -0.1) is 0 Å². The molecule has 0 aromatic carbocycles. The van der Waals surface area contributed by atoms with E-state index in [2.05, 4.69) is 17.9 Å². The predicted octanol–water partition coefficient (Wildman–Crippen LogP) is 2.00. The summed E-state index contributed by atoms with van der Waals surface area (Å²) in [6, 6.07) is 0.142. The first-order valence-electron chi connectivity index (χ1n) is 4.16. The second-order valence-corrected chi connectivity index (χ2v) is 3.34. The minimum absolute atomic E-state index is 0.142. The molecule has 0 aromatic heterocycles. The highest BCUT2D eigenvalue weighted by molar-refractivity contribution is 5.02. The summed E-state index contributed by atoms with van der Waals surface area (Å²) in [5.74, 6) is 0. The molecule has 0 aliphatic carbocycles. The molecule has 0 amide bonds. The molecule has 1 aliphatic rings. The molecule has 1 unspecified atom stereocenters. The average molecular weight is 157 g/mol. The summed E-state index contributed by atoms with van der Waals surface area (Å²) in [5.41, 5.74) is 1.40. The van der Waals surface area contributed by atoms with Crippen LogP contribution in [-0.2, 0) is 0 Å². The van der Waals surface area contributed by atoms with Crippen molar-refractivity contribution < 1.29 is 4.39 Å². The minimum atomic E-state index is -0.211.